The van der Waals surface area contributed by atoms with E-state index in [2.05, 4.69) is 20.1 Å². The van der Waals surface area contributed by atoms with Crippen molar-refractivity contribution >= 4 is 17.4 Å². The first-order chi connectivity index (χ1) is 16.4. The zero-order chi connectivity index (χ0) is 23.8. The Kier molecular flexibility index (Phi) is 5.37. The number of hydrogen-bond donors (Lipinski definition) is 1. The van der Waals surface area contributed by atoms with Crippen LogP contribution in [0.2, 0.25) is 0 Å². The third kappa shape index (κ3) is 4.03. The van der Waals surface area contributed by atoms with Gasteiger partial charge in [-0.05, 0) is 61.0 Å². The largest absolute Gasteiger partial charge is 0.368 e. The molecule has 1 aromatic carbocycles. The second-order valence-electron chi connectivity index (χ2n) is 8.21. The summed E-state index contributed by atoms with van der Waals surface area (Å²) in [5.41, 5.74) is 11.5. The number of nitrogens with two attached hydrogens (primary N) is 1. The molecule has 0 radical (unpaired) electrons. The SMILES string of the molecule is Cc1cc(-c2c(-c3ccc(F)cc3)nc(N)n3nc(Cc4cccc(N(C)C)n4)nc23)ccn1. The fraction of sp³-hybridized carbons (Fsp3) is 0.160. The molecule has 0 aliphatic heterocycles. The van der Waals surface area contributed by atoms with Crippen LogP contribution in [0.3, 0.4) is 0 Å². The third-order valence-corrected chi connectivity index (χ3v) is 5.45. The number of anilines is 2. The molecule has 170 valence electrons. The van der Waals surface area contributed by atoms with Crippen molar-refractivity contribution in [3.05, 3.63) is 83.8 Å². The molecule has 0 aliphatic rings. The molecule has 0 atom stereocenters. The van der Waals surface area contributed by atoms with Gasteiger partial charge >= 0.3 is 0 Å². The lowest BCUT2D eigenvalue weighted by Gasteiger charge is -2.12. The Morgan fingerprint density at radius 3 is 2.50 bits per heavy atom. The maximum absolute atomic E-state index is 13.6. The predicted octanol–water partition coefficient (Wildman–Crippen LogP) is 3.93. The molecule has 4 aromatic heterocycles. The highest BCUT2D eigenvalue weighted by molar-refractivity contribution is 5.90. The van der Waals surface area contributed by atoms with Crippen LogP contribution in [0, 0.1) is 12.7 Å². The molecule has 2 N–H and O–H groups in total. The third-order valence-electron chi connectivity index (χ3n) is 5.45. The Labute approximate surface area is 196 Å². The van der Waals surface area contributed by atoms with Crippen LogP contribution in [0.4, 0.5) is 16.2 Å². The standard InChI is InChI=1S/C25H23FN8/c1-15-13-17(11-12-28-15)22-23(16-7-9-18(26)10-8-16)31-25(27)34-24(22)30-20(32-34)14-19-5-4-6-21(29-19)33(2)3/h4-13H,14H2,1-3H3,(H2,27,31). The highest BCUT2D eigenvalue weighted by Crippen LogP contribution is 2.35. The summed E-state index contributed by atoms with van der Waals surface area (Å²) in [5.74, 6) is 1.29. The molecule has 0 bridgehead atoms. The lowest BCUT2D eigenvalue weighted by Crippen LogP contribution is -2.11. The Balaban J connectivity index is 1.70. The number of benzene rings is 1. The zero-order valence-electron chi connectivity index (χ0n) is 19.1. The van der Waals surface area contributed by atoms with Gasteiger partial charge in [0, 0.05) is 31.5 Å². The van der Waals surface area contributed by atoms with E-state index in [1.807, 2.05) is 56.3 Å². The Bertz CT molecular complexity index is 1490. The van der Waals surface area contributed by atoms with E-state index in [1.54, 1.807) is 22.8 Å². The van der Waals surface area contributed by atoms with Crippen molar-refractivity contribution in [1.82, 2.24) is 29.5 Å². The number of hydrogen-bond acceptors (Lipinski definition) is 7. The van der Waals surface area contributed by atoms with Gasteiger partial charge in [-0.2, -0.15) is 4.52 Å². The van der Waals surface area contributed by atoms with E-state index in [4.69, 9.17) is 10.7 Å². The van der Waals surface area contributed by atoms with Gasteiger partial charge in [-0.25, -0.2) is 19.3 Å². The molecule has 0 unspecified atom stereocenters. The smallest absolute Gasteiger partial charge is 0.223 e. The molecule has 0 spiro atoms. The van der Waals surface area contributed by atoms with Gasteiger partial charge in [-0.1, -0.05) is 6.07 Å². The van der Waals surface area contributed by atoms with E-state index in [0.717, 1.165) is 33.9 Å². The number of aromatic nitrogens is 6. The van der Waals surface area contributed by atoms with Crippen molar-refractivity contribution < 1.29 is 4.39 Å². The monoisotopic (exact) mass is 454 g/mol. The lowest BCUT2D eigenvalue weighted by atomic mass is 10.0. The molecule has 0 saturated heterocycles. The minimum atomic E-state index is -0.323. The Hall–Kier alpha value is -4.40. The summed E-state index contributed by atoms with van der Waals surface area (Å²) in [7, 11) is 3.89. The molecule has 0 aliphatic carbocycles. The van der Waals surface area contributed by atoms with E-state index in [9.17, 15) is 4.39 Å². The summed E-state index contributed by atoms with van der Waals surface area (Å²) in [6.45, 7) is 1.92. The van der Waals surface area contributed by atoms with Crippen molar-refractivity contribution in [2.75, 3.05) is 24.7 Å². The molecule has 4 heterocycles. The van der Waals surface area contributed by atoms with E-state index in [0.29, 0.717) is 23.6 Å². The zero-order valence-corrected chi connectivity index (χ0v) is 19.1. The molecular weight excluding hydrogens is 431 g/mol. The molecular formula is C25H23FN8. The van der Waals surface area contributed by atoms with E-state index >= 15 is 0 Å². The van der Waals surface area contributed by atoms with Crippen LogP contribution in [0.1, 0.15) is 17.2 Å². The summed E-state index contributed by atoms with van der Waals surface area (Å²) in [4.78, 5) is 20.4. The van der Waals surface area contributed by atoms with Crippen LogP contribution in [-0.4, -0.2) is 43.6 Å². The summed E-state index contributed by atoms with van der Waals surface area (Å²) in [6, 6.07) is 15.9. The van der Waals surface area contributed by atoms with E-state index < -0.39 is 0 Å². The average Bonchev–Trinajstić information content (AvgIpc) is 3.23. The fourth-order valence-corrected chi connectivity index (χ4v) is 3.83. The van der Waals surface area contributed by atoms with Gasteiger partial charge in [0.15, 0.2) is 11.5 Å². The lowest BCUT2D eigenvalue weighted by molar-refractivity contribution is 0.628. The first-order valence-electron chi connectivity index (χ1n) is 10.8. The molecule has 5 aromatic rings. The van der Waals surface area contributed by atoms with E-state index in [-0.39, 0.29) is 11.8 Å². The number of nitrogen functional groups attached to an aromatic ring is 1. The fourth-order valence-electron chi connectivity index (χ4n) is 3.83. The van der Waals surface area contributed by atoms with Crippen LogP contribution in [-0.2, 0) is 6.42 Å². The molecule has 0 amide bonds. The second-order valence-corrected chi connectivity index (χ2v) is 8.21. The number of halogens is 1. The second kappa shape index (κ2) is 8.51. The highest BCUT2D eigenvalue weighted by atomic mass is 19.1. The molecule has 0 saturated carbocycles. The quantitative estimate of drug-likeness (QED) is 0.430. The average molecular weight is 455 g/mol. The number of aryl methyl sites for hydroxylation is 1. The topological polar surface area (TPSA) is 98.1 Å². The van der Waals surface area contributed by atoms with Gasteiger partial charge in [-0.3, -0.25) is 4.98 Å². The highest BCUT2D eigenvalue weighted by Gasteiger charge is 2.20. The molecule has 9 heteroatoms. The summed E-state index contributed by atoms with van der Waals surface area (Å²) in [5, 5.41) is 4.63. The maximum Gasteiger partial charge on any atom is 0.223 e. The maximum atomic E-state index is 13.6. The predicted molar refractivity (Wildman–Crippen MR) is 130 cm³/mol. The van der Waals surface area contributed by atoms with Crippen molar-refractivity contribution in [1.29, 1.82) is 0 Å². The summed E-state index contributed by atoms with van der Waals surface area (Å²) < 4.78 is 15.2. The molecule has 8 nitrogen and oxygen atoms in total. The molecule has 0 fully saturated rings. The summed E-state index contributed by atoms with van der Waals surface area (Å²) in [6.07, 6.45) is 2.17. The molecule has 5 rings (SSSR count). The Morgan fingerprint density at radius 2 is 1.76 bits per heavy atom. The van der Waals surface area contributed by atoms with Gasteiger partial charge in [-0.15, -0.1) is 5.10 Å². The van der Waals surface area contributed by atoms with Crippen molar-refractivity contribution in [3.63, 3.8) is 0 Å². The minimum absolute atomic E-state index is 0.192. The van der Waals surface area contributed by atoms with Gasteiger partial charge in [0.1, 0.15) is 11.6 Å². The minimum Gasteiger partial charge on any atom is -0.368 e. The van der Waals surface area contributed by atoms with Crippen LogP contribution in [0.5, 0.6) is 0 Å². The van der Waals surface area contributed by atoms with Gasteiger partial charge in [0.25, 0.3) is 0 Å². The van der Waals surface area contributed by atoms with Crippen LogP contribution in [0.25, 0.3) is 28.0 Å². The van der Waals surface area contributed by atoms with Gasteiger partial charge < -0.3 is 10.6 Å². The Morgan fingerprint density at radius 1 is 0.971 bits per heavy atom. The normalized spacial score (nSPS) is 11.2. The van der Waals surface area contributed by atoms with Crippen LogP contribution >= 0.6 is 0 Å². The van der Waals surface area contributed by atoms with Crippen molar-refractivity contribution in [2.24, 2.45) is 0 Å². The first-order valence-corrected chi connectivity index (χ1v) is 10.8. The first kappa shape index (κ1) is 21.4. The van der Waals surface area contributed by atoms with Crippen LogP contribution in [0.15, 0.2) is 60.8 Å². The number of nitrogens with zero attached hydrogens (tertiary/aromatic N) is 7. The van der Waals surface area contributed by atoms with Gasteiger partial charge in [0.2, 0.25) is 5.95 Å². The summed E-state index contributed by atoms with van der Waals surface area (Å²) >= 11 is 0. The van der Waals surface area contributed by atoms with Gasteiger partial charge in [0.05, 0.1) is 23.4 Å². The number of fused-ring (bicyclic) bond motifs is 1. The van der Waals surface area contributed by atoms with E-state index in [1.165, 1.54) is 12.1 Å². The van der Waals surface area contributed by atoms with Crippen LogP contribution < -0.4 is 10.6 Å². The van der Waals surface area contributed by atoms with Crippen molar-refractivity contribution in [2.45, 2.75) is 13.3 Å². The van der Waals surface area contributed by atoms with Crippen molar-refractivity contribution in [3.8, 4) is 22.4 Å². The number of rotatable bonds is 5. The molecule has 34 heavy (non-hydrogen) atoms. The number of pyridine rings is 2.